The molecule has 0 unspecified atom stereocenters. The Morgan fingerprint density at radius 1 is 1.17 bits per heavy atom. The lowest BCUT2D eigenvalue weighted by atomic mass is 9.87. The monoisotopic (exact) mass is 334 g/mol. The van der Waals surface area contributed by atoms with Crippen molar-refractivity contribution in [1.82, 2.24) is 0 Å². The summed E-state index contributed by atoms with van der Waals surface area (Å²) in [6, 6.07) is 3.77. The number of hydrogen-bond donors (Lipinski definition) is 0. The van der Waals surface area contributed by atoms with Gasteiger partial charge in [0, 0.05) is 10.3 Å². The molecule has 1 aromatic heterocycles. The van der Waals surface area contributed by atoms with Crippen LogP contribution in [0.4, 0.5) is 4.39 Å². The minimum absolute atomic E-state index is 0.0477. The quantitative estimate of drug-likeness (QED) is 0.554. The topological polar surface area (TPSA) is 18.5 Å². The van der Waals surface area contributed by atoms with Gasteiger partial charge in [0.05, 0.1) is 16.1 Å². The van der Waals surface area contributed by atoms with Crippen LogP contribution in [0.25, 0.3) is 6.08 Å². The van der Waals surface area contributed by atoms with Crippen LogP contribution in [0.15, 0.2) is 17.9 Å². The van der Waals surface area contributed by atoms with Crippen LogP contribution >= 0.6 is 11.3 Å². The summed E-state index contributed by atoms with van der Waals surface area (Å²) in [5.41, 5.74) is -1.54. The first-order valence-corrected chi connectivity index (χ1v) is 8.57. The van der Waals surface area contributed by atoms with Crippen LogP contribution in [-0.4, -0.2) is 18.3 Å². The Morgan fingerprint density at radius 2 is 1.74 bits per heavy atom. The maximum Gasteiger partial charge on any atom is 0.525 e. The van der Waals surface area contributed by atoms with Crippen LogP contribution < -0.4 is 0 Å². The van der Waals surface area contributed by atoms with Gasteiger partial charge >= 0.3 is 7.12 Å². The Balaban J connectivity index is 2.14. The Bertz CT molecular complexity index is 655. The van der Waals surface area contributed by atoms with Gasteiger partial charge in [0.15, 0.2) is 0 Å². The van der Waals surface area contributed by atoms with E-state index in [0.29, 0.717) is 0 Å². The van der Waals surface area contributed by atoms with E-state index in [-0.39, 0.29) is 5.41 Å². The van der Waals surface area contributed by atoms with Gasteiger partial charge in [0.1, 0.15) is 5.73 Å². The van der Waals surface area contributed by atoms with Crippen molar-refractivity contribution in [2.24, 2.45) is 5.41 Å². The van der Waals surface area contributed by atoms with Crippen molar-refractivity contribution in [2.75, 3.05) is 0 Å². The first kappa shape index (κ1) is 18.3. The molecule has 2 heterocycles. The van der Waals surface area contributed by atoms with Crippen molar-refractivity contribution >= 4 is 24.5 Å². The lowest BCUT2D eigenvalue weighted by Crippen LogP contribution is -2.41. The zero-order valence-corrected chi connectivity index (χ0v) is 15.7. The fourth-order valence-corrected chi connectivity index (χ4v) is 2.71. The molecule has 0 aromatic carbocycles. The lowest BCUT2D eigenvalue weighted by Gasteiger charge is -2.32. The molecule has 5 heteroatoms. The van der Waals surface area contributed by atoms with Crippen LogP contribution in [0.2, 0.25) is 0 Å². The zero-order chi connectivity index (χ0) is 17.5. The van der Waals surface area contributed by atoms with E-state index in [9.17, 15) is 4.39 Å². The van der Waals surface area contributed by atoms with Gasteiger partial charge in [0.2, 0.25) is 0 Å². The molecule has 23 heavy (non-hydrogen) atoms. The second-order valence-corrected chi connectivity index (χ2v) is 8.93. The molecule has 1 aliphatic rings. The van der Waals surface area contributed by atoms with E-state index in [4.69, 9.17) is 9.31 Å². The number of thiophene rings is 1. The van der Waals surface area contributed by atoms with Crippen LogP contribution in [0.5, 0.6) is 0 Å². The molecular weight excluding hydrogens is 310 g/mol. The van der Waals surface area contributed by atoms with Crippen LogP contribution in [0.3, 0.4) is 0 Å². The predicted octanol–water partition coefficient (Wildman–Crippen LogP) is 5.09. The van der Waals surface area contributed by atoms with Crippen molar-refractivity contribution in [3.05, 3.63) is 27.6 Å². The SMILES string of the molecule is CC(C)(C)C#Cc1ccc(C=C(F)B2OC(C)(C)C(C)(C)O2)s1. The van der Waals surface area contributed by atoms with Crippen molar-refractivity contribution in [3.8, 4) is 11.8 Å². The summed E-state index contributed by atoms with van der Waals surface area (Å²) in [5.74, 6) is 6.31. The van der Waals surface area contributed by atoms with Crippen LogP contribution in [0, 0.1) is 17.3 Å². The second-order valence-electron chi connectivity index (χ2n) is 7.82. The highest BCUT2D eigenvalue weighted by atomic mass is 32.1. The Hall–Kier alpha value is -1.09. The van der Waals surface area contributed by atoms with Crippen molar-refractivity contribution < 1.29 is 13.7 Å². The highest BCUT2D eigenvalue weighted by molar-refractivity contribution is 7.13. The lowest BCUT2D eigenvalue weighted by molar-refractivity contribution is 0.00578. The van der Waals surface area contributed by atoms with Crippen LogP contribution in [0.1, 0.15) is 58.2 Å². The fourth-order valence-electron chi connectivity index (χ4n) is 1.91. The van der Waals surface area contributed by atoms with E-state index < -0.39 is 24.0 Å². The summed E-state index contributed by atoms with van der Waals surface area (Å²) in [5, 5.41) is 0. The minimum Gasteiger partial charge on any atom is -0.398 e. The van der Waals surface area contributed by atoms with Crippen LogP contribution in [-0.2, 0) is 9.31 Å². The molecule has 0 N–H and O–H groups in total. The van der Waals surface area contributed by atoms with E-state index in [1.807, 2.05) is 39.8 Å². The number of hydrogen-bond acceptors (Lipinski definition) is 3. The Morgan fingerprint density at radius 3 is 2.26 bits per heavy atom. The molecule has 1 saturated heterocycles. The van der Waals surface area contributed by atoms with Crippen molar-refractivity contribution in [2.45, 2.75) is 59.7 Å². The molecule has 1 aliphatic heterocycles. The summed E-state index contributed by atoms with van der Waals surface area (Å²) in [7, 11) is -0.953. The number of rotatable bonds is 2. The normalized spacial score (nSPS) is 20.3. The standard InChI is InChI=1S/C18H24BFO2S/c1-16(2,3)11-10-13-8-9-14(23-13)12-15(20)19-21-17(4,5)18(6,7)22-19/h8-9,12H,1-7H3. The molecule has 1 aromatic rings. The Labute approximate surface area is 143 Å². The van der Waals surface area contributed by atoms with Gasteiger partial charge in [-0.15, -0.1) is 11.3 Å². The van der Waals surface area contributed by atoms with E-state index in [1.54, 1.807) is 0 Å². The average Bonchev–Trinajstić information content (AvgIpc) is 2.89. The molecule has 0 aliphatic carbocycles. The largest absolute Gasteiger partial charge is 0.525 e. The predicted molar refractivity (Wildman–Crippen MR) is 95.8 cm³/mol. The summed E-state index contributed by atoms with van der Waals surface area (Å²) in [6.07, 6.45) is 1.47. The van der Waals surface area contributed by atoms with Gasteiger partial charge in [-0.3, -0.25) is 0 Å². The molecule has 0 saturated carbocycles. The average molecular weight is 334 g/mol. The summed E-state index contributed by atoms with van der Waals surface area (Å²) < 4.78 is 25.9. The molecule has 124 valence electrons. The van der Waals surface area contributed by atoms with Crippen molar-refractivity contribution in [3.63, 3.8) is 0 Å². The van der Waals surface area contributed by atoms with Gasteiger partial charge in [-0.05, 0) is 66.7 Å². The molecule has 1 fully saturated rings. The third-order valence-electron chi connectivity index (χ3n) is 3.95. The molecule has 2 nitrogen and oxygen atoms in total. The highest BCUT2D eigenvalue weighted by Crippen LogP contribution is 2.39. The molecule has 2 rings (SSSR count). The highest BCUT2D eigenvalue weighted by Gasteiger charge is 2.53. The van der Waals surface area contributed by atoms with Gasteiger partial charge in [-0.2, -0.15) is 0 Å². The zero-order valence-electron chi connectivity index (χ0n) is 14.9. The number of halogens is 1. The van der Waals surface area contributed by atoms with Gasteiger partial charge in [-0.25, -0.2) is 4.39 Å². The molecular formula is C18H24BFO2S. The minimum atomic E-state index is -0.953. The third kappa shape index (κ3) is 4.47. The molecule has 0 spiro atoms. The smallest absolute Gasteiger partial charge is 0.398 e. The first-order chi connectivity index (χ1) is 10.4. The van der Waals surface area contributed by atoms with E-state index >= 15 is 0 Å². The van der Waals surface area contributed by atoms with Gasteiger partial charge < -0.3 is 9.31 Å². The van der Waals surface area contributed by atoms with E-state index in [2.05, 4.69) is 32.6 Å². The van der Waals surface area contributed by atoms with E-state index in [1.165, 1.54) is 17.4 Å². The second kappa shape index (κ2) is 6.09. The van der Waals surface area contributed by atoms with Crippen molar-refractivity contribution in [1.29, 1.82) is 0 Å². The Kier molecular flexibility index (Phi) is 4.83. The van der Waals surface area contributed by atoms with E-state index in [0.717, 1.165) is 9.75 Å². The summed E-state index contributed by atoms with van der Waals surface area (Å²) in [4.78, 5) is 1.73. The molecule has 0 bridgehead atoms. The van der Waals surface area contributed by atoms with Gasteiger partial charge in [-0.1, -0.05) is 11.8 Å². The molecule has 0 amide bonds. The fraction of sp³-hybridized carbons (Fsp3) is 0.556. The maximum atomic E-state index is 14.4. The molecule has 0 radical (unpaired) electrons. The first-order valence-electron chi connectivity index (χ1n) is 7.75. The maximum absolute atomic E-state index is 14.4. The van der Waals surface area contributed by atoms with Gasteiger partial charge in [0.25, 0.3) is 0 Å². The molecule has 0 atom stereocenters. The third-order valence-corrected chi connectivity index (χ3v) is 4.89. The summed E-state index contributed by atoms with van der Waals surface area (Å²) in [6.45, 7) is 13.8. The summed E-state index contributed by atoms with van der Waals surface area (Å²) >= 11 is 1.46.